The quantitative estimate of drug-likeness (QED) is 0.548. The number of rotatable bonds is 7. The van der Waals surface area contributed by atoms with Gasteiger partial charge in [0.05, 0.1) is 17.8 Å². The molecular formula is C21H20FNO3S. The van der Waals surface area contributed by atoms with Crippen LogP contribution < -0.4 is 4.74 Å². The van der Waals surface area contributed by atoms with Crippen molar-refractivity contribution in [1.29, 1.82) is 0 Å². The van der Waals surface area contributed by atoms with E-state index < -0.39 is 12.1 Å². The van der Waals surface area contributed by atoms with Crippen molar-refractivity contribution in [3.05, 3.63) is 70.3 Å². The summed E-state index contributed by atoms with van der Waals surface area (Å²) in [5.74, 6) is -0.133. The molecule has 3 aromatic rings. The largest absolute Gasteiger partial charge is 0.479 e. The first-order valence-electron chi connectivity index (χ1n) is 8.56. The van der Waals surface area contributed by atoms with Crippen LogP contribution in [-0.4, -0.2) is 24.2 Å². The first kappa shape index (κ1) is 19.0. The SMILES string of the molecule is COC(=O)C(CCc1ccc(F)cc1)Oc1ccc(-c2csc(C)n2)cc1. The Balaban J connectivity index is 1.66. The molecule has 0 saturated carbocycles. The van der Waals surface area contributed by atoms with Crippen LogP contribution >= 0.6 is 11.3 Å². The van der Waals surface area contributed by atoms with Crippen LogP contribution in [0.1, 0.15) is 17.0 Å². The van der Waals surface area contributed by atoms with Crippen molar-refractivity contribution in [3.63, 3.8) is 0 Å². The van der Waals surface area contributed by atoms with Crippen molar-refractivity contribution in [2.24, 2.45) is 0 Å². The minimum absolute atomic E-state index is 0.282. The Morgan fingerprint density at radius 2 is 1.85 bits per heavy atom. The molecule has 140 valence electrons. The fraction of sp³-hybridized carbons (Fsp3) is 0.238. The molecule has 0 aliphatic rings. The number of ether oxygens (including phenoxy) is 2. The molecule has 0 radical (unpaired) electrons. The molecule has 27 heavy (non-hydrogen) atoms. The van der Waals surface area contributed by atoms with Gasteiger partial charge in [0.25, 0.3) is 0 Å². The highest BCUT2D eigenvalue weighted by Gasteiger charge is 2.21. The van der Waals surface area contributed by atoms with E-state index in [2.05, 4.69) is 4.98 Å². The standard InChI is InChI=1S/C21H20FNO3S/c1-14-23-19(13-27-14)16-6-10-18(11-7-16)26-20(21(24)25-2)12-5-15-3-8-17(22)9-4-15/h3-4,6-11,13,20H,5,12H2,1-2H3. The molecule has 0 fully saturated rings. The molecule has 0 amide bonds. The predicted octanol–water partition coefficient (Wildman–Crippen LogP) is 4.81. The molecule has 0 saturated heterocycles. The lowest BCUT2D eigenvalue weighted by atomic mass is 10.1. The number of halogens is 1. The fourth-order valence-electron chi connectivity index (χ4n) is 2.67. The molecule has 0 spiro atoms. The van der Waals surface area contributed by atoms with Gasteiger partial charge < -0.3 is 9.47 Å². The molecule has 0 aliphatic carbocycles. The highest BCUT2D eigenvalue weighted by Crippen LogP contribution is 2.25. The molecule has 4 nitrogen and oxygen atoms in total. The number of benzene rings is 2. The Bertz CT molecular complexity index is 891. The third-order valence-electron chi connectivity index (χ3n) is 4.12. The number of thiazole rings is 1. The van der Waals surface area contributed by atoms with Gasteiger partial charge in [-0.25, -0.2) is 14.2 Å². The number of hydrogen-bond donors (Lipinski definition) is 0. The summed E-state index contributed by atoms with van der Waals surface area (Å²) in [6.45, 7) is 1.97. The lowest BCUT2D eigenvalue weighted by molar-refractivity contribution is -0.149. The van der Waals surface area contributed by atoms with Gasteiger partial charge in [0.2, 0.25) is 0 Å². The van der Waals surface area contributed by atoms with E-state index in [0.717, 1.165) is 21.8 Å². The van der Waals surface area contributed by atoms with Crippen molar-refractivity contribution in [3.8, 4) is 17.0 Å². The third kappa shape index (κ3) is 5.14. The minimum Gasteiger partial charge on any atom is -0.479 e. The van der Waals surface area contributed by atoms with Gasteiger partial charge in [-0.2, -0.15) is 0 Å². The van der Waals surface area contributed by atoms with Gasteiger partial charge in [0.15, 0.2) is 6.10 Å². The molecule has 0 bridgehead atoms. The molecule has 0 aliphatic heterocycles. The smallest absolute Gasteiger partial charge is 0.347 e. The van der Waals surface area contributed by atoms with Gasteiger partial charge in [0, 0.05) is 10.9 Å². The van der Waals surface area contributed by atoms with E-state index in [1.807, 2.05) is 36.6 Å². The van der Waals surface area contributed by atoms with Gasteiger partial charge in [-0.15, -0.1) is 11.3 Å². The lowest BCUT2D eigenvalue weighted by Crippen LogP contribution is -2.29. The van der Waals surface area contributed by atoms with E-state index in [1.165, 1.54) is 19.2 Å². The molecule has 1 aromatic heterocycles. The molecule has 1 unspecified atom stereocenters. The predicted molar refractivity (Wildman–Crippen MR) is 103 cm³/mol. The highest BCUT2D eigenvalue weighted by atomic mass is 32.1. The summed E-state index contributed by atoms with van der Waals surface area (Å²) < 4.78 is 23.7. The zero-order chi connectivity index (χ0) is 19.2. The third-order valence-corrected chi connectivity index (χ3v) is 4.89. The van der Waals surface area contributed by atoms with Crippen LogP contribution in [0.4, 0.5) is 4.39 Å². The number of nitrogens with zero attached hydrogens (tertiary/aromatic N) is 1. The van der Waals surface area contributed by atoms with Crippen LogP contribution in [0.2, 0.25) is 0 Å². The van der Waals surface area contributed by atoms with Crippen molar-refractivity contribution < 1.29 is 18.7 Å². The average molecular weight is 385 g/mol. The topological polar surface area (TPSA) is 48.4 Å². The Morgan fingerprint density at radius 3 is 2.44 bits per heavy atom. The molecule has 3 rings (SSSR count). The van der Waals surface area contributed by atoms with Gasteiger partial charge in [-0.3, -0.25) is 0 Å². The van der Waals surface area contributed by atoms with Crippen LogP contribution in [0.15, 0.2) is 53.9 Å². The highest BCUT2D eigenvalue weighted by molar-refractivity contribution is 7.09. The fourth-order valence-corrected chi connectivity index (χ4v) is 3.29. The monoisotopic (exact) mass is 385 g/mol. The van der Waals surface area contributed by atoms with Gasteiger partial charge >= 0.3 is 5.97 Å². The molecule has 1 atom stereocenters. The normalized spacial score (nSPS) is 11.8. The van der Waals surface area contributed by atoms with Crippen LogP contribution in [0.3, 0.4) is 0 Å². The van der Waals surface area contributed by atoms with Crippen molar-refractivity contribution in [2.45, 2.75) is 25.9 Å². The molecule has 6 heteroatoms. The maximum atomic E-state index is 13.0. The molecule has 2 aromatic carbocycles. The number of hydrogen-bond acceptors (Lipinski definition) is 5. The number of esters is 1. The van der Waals surface area contributed by atoms with Crippen LogP contribution in [-0.2, 0) is 16.0 Å². The second-order valence-electron chi connectivity index (χ2n) is 6.07. The number of aryl methyl sites for hydroxylation is 2. The number of carbonyl (C=O) groups excluding carboxylic acids is 1. The van der Waals surface area contributed by atoms with Crippen molar-refractivity contribution in [1.82, 2.24) is 4.98 Å². The minimum atomic E-state index is -0.729. The zero-order valence-corrected chi connectivity index (χ0v) is 16.0. The van der Waals surface area contributed by atoms with Gasteiger partial charge in [-0.05, 0) is 61.7 Å². The van der Waals surface area contributed by atoms with E-state index in [4.69, 9.17) is 9.47 Å². The average Bonchev–Trinajstić information content (AvgIpc) is 3.12. The van der Waals surface area contributed by atoms with E-state index >= 15 is 0 Å². The van der Waals surface area contributed by atoms with E-state index in [0.29, 0.717) is 18.6 Å². The first-order valence-corrected chi connectivity index (χ1v) is 9.44. The Kier molecular flexibility index (Phi) is 6.19. The van der Waals surface area contributed by atoms with Crippen molar-refractivity contribution >= 4 is 17.3 Å². The van der Waals surface area contributed by atoms with Crippen LogP contribution in [0.5, 0.6) is 5.75 Å². The lowest BCUT2D eigenvalue weighted by Gasteiger charge is -2.17. The second-order valence-corrected chi connectivity index (χ2v) is 7.13. The Hall–Kier alpha value is -2.73. The number of methoxy groups -OCH3 is 1. The van der Waals surface area contributed by atoms with E-state index in [1.54, 1.807) is 23.5 Å². The maximum absolute atomic E-state index is 13.0. The van der Waals surface area contributed by atoms with E-state index in [-0.39, 0.29) is 5.82 Å². The van der Waals surface area contributed by atoms with Crippen LogP contribution in [0.25, 0.3) is 11.3 Å². The summed E-state index contributed by atoms with van der Waals surface area (Å²) in [5.41, 5.74) is 2.85. The Labute approximate surface area is 161 Å². The summed E-state index contributed by atoms with van der Waals surface area (Å²) in [6, 6.07) is 13.7. The second kappa shape index (κ2) is 8.77. The summed E-state index contributed by atoms with van der Waals surface area (Å²) >= 11 is 1.60. The molecular weight excluding hydrogens is 365 g/mol. The first-order chi connectivity index (χ1) is 13.0. The summed E-state index contributed by atoms with van der Waals surface area (Å²) in [7, 11) is 1.34. The van der Waals surface area contributed by atoms with E-state index in [9.17, 15) is 9.18 Å². The summed E-state index contributed by atoms with van der Waals surface area (Å²) in [4.78, 5) is 16.5. The number of carbonyl (C=O) groups is 1. The van der Waals surface area contributed by atoms with Gasteiger partial charge in [0.1, 0.15) is 11.6 Å². The van der Waals surface area contributed by atoms with Crippen molar-refractivity contribution in [2.75, 3.05) is 7.11 Å². The van der Waals surface area contributed by atoms with Gasteiger partial charge in [-0.1, -0.05) is 12.1 Å². The summed E-state index contributed by atoms with van der Waals surface area (Å²) in [6.07, 6.45) is 0.286. The molecule has 1 heterocycles. The number of aromatic nitrogens is 1. The Morgan fingerprint density at radius 1 is 1.15 bits per heavy atom. The maximum Gasteiger partial charge on any atom is 0.347 e. The summed E-state index contributed by atoms with van der Waals surface area (Å²) in [5, 5.41) is 3.02. The van der Waals surface area contributed by atoms with Crippen LogP contribution in [0, 0.1) is 12.7 Å². The molecule has 0 N–H and O–H groups in total. The zero-order valence-electron chi connectivity index (χ0n) is 15.1.